The van der Waals surface area contributed by atoms with Crippen molar-refractivity contribution in [1.29, 1.82) is 0 Å². The number of nitrogens with two attached hydrogens (primary N) is 1. The van der Waals surface area contributed by atoms with Crippen LogP contribution < -0.4 is 16.6 Å². The minimum atomic E-state index is -5.74. The fourth-order valence-corrected chi connectivity index (χ4v) is 7.03. The van der Waals surface area contributed by atoms with Crippen molar-refractivity contribution < 1.29 is 61.0 Å². The van der Waals surface area contributed by atoms with Crippen LogP contribution >= 0.6 is 23.5 Å². The lowest BCUT2D eigenvalue weighted by atomic mass is 9.96. The zero-order valence-electron chi connectivity index (χ0n) is 19.3. The molecule has 4 rings (SSSR count). The maximum Gasteiger partial charge on any atom is 0.490 e. The van der Waals surface area contributed by atoms with Crippen LogP contribution in [-0.4, -0.2) is 72.1 Å². The van der Waals surface area contributed by atoms with Crippen molar-refractivity contribution in [2.24, 2.45) is 4.99 Å². The zero-order chi connectivity index (χ0) is 28.3. The van der Waals surface area contributed by atoms with Crippen LogP contribution in [0.4, 0.5) is 17.3 Å². The fourth-order valence-electron chi connectivity index (χ4n) is 4.00. The number of methoxy groups -OCH3 is 1. The first kappa shape index (κ1) is 28.9. The molecule has 0 radical (unpaired) electrons. The Bertz CT molecular complexity index is 1510. The molecule has 0 aromatic carbocycles. The molecule has 210 valence electrons. The van der Waals surface area contributed by atoms with E-state index in [1.807, 2.05) is 0 Å². The van der Waals surface area contributed by atoms with Gasteiger partial charge in [0.2, 0.25) is 0 Å². The quantitative estimate of drug-likeness (QED) is 0.187. The van der Waals surface area contributed by atoms with Crippen molar-refractivity contribution in [1.82, 2.24) is 9.55 Å². The second-order valence-electron chi connectivity index (χ2n) is 8.20. The van der Waals surface area contributed by atoms with Gasteiger partial charge in [0, 0.05) is 30.4 Å². The van der Waals surface area contributed by atoms with Crippen LogP contribution in [0.2, 0.25) is 0 Å². The van der Waals surface area contributed by atoms with Crippen LogP contribution in [0.15, 0.2) is 22.1 Å². The maximum absolute atomic E-state index is 12.1. The van der Waals surface area contributed by atoms with Crippen LogP contribution in [0.3, 0.4) is 0 Å². The lowest BCUT2D eigenvalue weighted by Crippen LogP contribution is -2.46. The van der Waals surface area contributed by atoms with Gasteiger partial charge in [0.1, 0.15) is 29.4 Å². The monoisotopic (exact) mass is 601 g/mol. The molecule has 0 saturated carbocycles. The fraction of sp³-hybridized carbons (Fsp3) is 0.438. The summed E-state index contributed by atoms with van der Waals surface area (Å²) in [7, 11) is -15.5. The van der Waals surface area contributed by atoms with Crippen molar-refractivity contribution in [3.05, 3.63) is 22.6 Å². The third-order valence-corrected chi connectivity index (χ3v) is 9.49. The number of aliphatic imine (C=N–C) groups is 1. The molecular weight excluding hydrogens is 579 g/mol. The van der Waals surface area contributed by atoms with Gasteiger partial charge in [0.05, 0.1) is 18.3 Å². The molecule has 19 nitrogen and oxygen atoms in total. The molecule has 0 bridgehead atoms. The van der Waals surface area contributed by atoms with Gasteiger partial charge in [-0.2, -0.15) is 13.6 Å². The zero-order valence-corrected chi connectivity index (χ0v) is 22.0. The van der Waals surface area contributed by atoms with Crippen LogP contribution in [0, 0.1) is 0 Å². The van der Waals surface area contributed by atoms with Crippen molar-refractivity contribution in [3.8, 4) is 0 Å². The Morgan fingerprint density at radius 2 is 1.89 bits per heavy atom. The number of aliphatic hydroxyl groups excluding tert-OH is 1. The van der Waals surface area contributed by atoms with E-state index in [2.05, 4.69) is 28.4 Å². The normalized spacial score (nSPS) is 28.1. The molecule has 2 unspecified atom stereocenters. The molecule has 4 heterocycles. The summed E-state index contributed by atoms with van der Waals surface area (Å²) in [6, 6.07) is 1.11. The number of rotatable bonds is 9. The predicted octanol–water partition coefficient (Wildman–Crippen LogP) is 0.0707. The van der Waals surface area contributed by atoms with Gasteiger partial charge in [-0.3, -0.25) is 9.32 Å². The Kier molecular flexibility index (Phi) is 7.48. The highest BCUT2D eigenvalue weighted by Crippen LogP contribution is 2.66. The number of anilines is 2. The molecule has 1 saturated heterocycles. The highest BCUT2D eigenvalue weighted by molar-refractivity contribution is 7.66. The van der Waals surface area contributed by atoms with E-state index in [-0.39, 0.29) is 17.3 Å². The molecule has 0 amide bonds. The van der Waals surface area contributed by atoms with Crippen LogP contribution in [-0.2, 0) is 36.3 Å². The SMILES string of the molecule is CO[C@]1(C)[C@H](O)[C@@H](COP(=O)(O)OP(=O)(O)OP(=O)(O)O)O[C@H]1n1cc2c(N)cc(=O)nc3c2c1N=CN3. The number of aliphatic hydroxyl groups is 1. The van der Waals surface area contributed by atoms with Crippen LogP contribution in [0.5, 0.6) is 0 Å². The Labute approximate surface area is 212 Å². The molecule has 0 spiro atoms. The van der Waals surface area contributed by atoms with Gasteiger partial charge in [0.25, 0.3) is 5.56 Å². The first-order chi connectivity index (χ1) is 17.5. The average molecular weight is 601 g/mol. The first-order valence-corrected chi connectivity index (χ1v) is 14.8. The van der Waals surface area contributed by atoms with Gasteiger partial charge in [-0.05, 0) is 6.92 Å². The van der Waals surface area contributed by atoms with Crippen molar-refractivity contribution >= 4 is 57.9 Å². The minimum Gasteiger partial charge on any atom is -0.398 e. The number of nitrogens with one attached hydrogen (secondary N) is 1. The van der Waals surface area contributed by atoms with Gasteiger partial charge in [-0.25, -0.2) is 18.7 Å². The highest BCUT2D eigenvalue weighted by atomic mass is 31.3. The summed E-state index contributed by atoms with van der Waals surface area (Å²) in [4.78, 5) is 56.5. The Balaban J connectivity index is 1.63. The molecule has 2 aromatic rings. The second kappa shape index (κ2) is 9.83. The van der Waals surface area contributed by atoms with E-state index in [9.17, 15) is 33.4 Å². The summed E-state index contributed by atoms with van der Waals surface area (Å²) in [5.74, 6) is 0.380. The highest BCUT2D eigenvalue weighted by Gasteiger charge is 2.56. The second-order valence-corrected chi connectivity index (χ2v) is 12.6. The van der Waals surface area contributed by atoms with E-state index in [1.165, 1.54) is 31.1 Å². The summed E-state index contributed by atoms with van der Waals surface area (Å²) in [5.41, 5.74) is 3.98. The third kappa shape index (κ3) is 5.61. The van der Waals surface area contributed by atoms with E-state index in [4.69, 9.17) is 25.0 Å². The van der Waals surface area contributed by atoms with Gasteiger partial charge < -0.3 is 49.8 Å². The number of ether oxygens (including phenoxy) is 2. The predicted molar refractivity (Wildman–Crippen MR) is 127 cm³/mol. The number of hydrogen-bond acceptors (Lipinski definition) is 14. The average Bonchev–Trinajstić information content (AvgIpc) is 3.22. The number of nitrogens with zero attached hydrogens (tertiary/aromatic N) is 3. The first-order valence-electron chi connectivity index (χ1n) is 10.3. The molecule has 1 fully saturated rings. The van der Waals surface area contributed by atoms with E-state index < -0.39 is 59.7 Å². The maximum atomic E-state index is 12.1. The van der Waals surface area contributed by atoms with Gasteiger partial charge in [-0.15, -0.1) is 0 Å². The van der Waals surface area contributed by atoms with Crippen LogP contribution in [0.25, 0.3) is 10.8 Å². The Hall–Kier alpha value is -2.08. The number of hydrogen-bond donors (Lipinski definition) is 7. The number of phosphoric acid groups is 3. The summed E-state index contributed by atoms with van der Waals surface area (Å²) in [6.45, 7) is 0.526. The molecule has 22 heteroatoms. The third-order valence-electron chi connectivity index (χ3n) is 5.69. The summed E-state index contributed by atoms with van der Waals surface area (Å²) in [6.07, 6.45) is -1.41. The van der Waals surface area contributed by atoms with Gasteiger partial charge in [-0.1, -0.05) is 0 Å². The summed E-state index contributed by atoms with van der Waals surface area (Å²) in [5, 5.41) is 14.4. The van der Waals surface area contributed by atoms with E-state index in [0.29, 0.717) is 10.8 Å². The minimum absolute atomic E-state index is 0.0736. The lowest BCUT2D eigenvalue weighted by molar-refractivity contribution is -0.119. The summed E-state index contributed by atoms with van der Waals surface area (Å²) >= 11 is 0. The van der Waals surface area contributed by atoms with Gasteiger partial charge in [0.15, 0.2) is 6.23 Å². The molecular formula is C16H22N5O14P3. The Morgan fingerprint density at radius 1 is 1.21 bits per heavy atom. The van der Waals surface area contributed by atoms with Crippen molar-refractivity contribution in [2.45, 2.75) is 31.0 Å². The number of aromatic nitrogens is 2. The molecule has 2 aliphatic heterocycles. The lowest BCUT2D eigenvalue weighted by Gasteiger charge is -2.32. The largest absolute Gasteiger partial charge is 0.490 e. The number of nitrogen functional groups attached to an aromatic ring is 1. The van der Waals surface area contributed by atoms with E-state index in [1.54, 1.807) is 0 Å². The molecule has 2 aliphatic rings. The Morgan fingerprint density at radius 3 is 2.53 bits per heavy atom. The molecule has 2 aromatic heterocycles. The van der Waals surface area contributed by atoms with E-state index >= 15 is 0 Å². The van der Waals surface area contributed by atoms with Gasteiger partial charge >= 0.3 is 23.5 Å². The number of phosphoric ester groups is 1. The smallest absolute Gasteiger partial charge is 0.398 e. The summed E-state index contributed by atoms with van der Waals surface area (Å²) < 4.78 is 59.2. The van der Waals surface area contributed by atoms with Crippen LogP contribution in [0.1, 0.15) is 13.2 Å². The topological polar surface area (TPSA) is 284 Å². The molecule has 0 aliphatic carbocycles. The van der Waals surface area contributed by atoms with E-state index in [0.717, 1.165) is 6.07 Å². The molecule has 6 atom stereocenters. The standard InChI is InChI=1S/C16H22N5O14P3/c1-16(31-2)12(23)9(5-32-37(27,28)35-38(29,30)34-36(24,25)26)33-15(16)21-4-7-8(17)3-10(22)20-13-11(7)14(21)19-6-18-13/h3-4,6,9,12,15,23H,5,17H2,1-2H3,(H,27,28)(H,29,30)(H2,24,25,26)(H,18,19,20,22)/t9-,12-,15-,16-/m1/s1. The molecule has 38 heavy (non-hydrogen) atoms. The van der Waals surface area contributed by atoms with Crippen molar-refractivity contribution in [3.63, 3.8) is 0 Å². The van der Waals surface area contributed by atoms with Crippen molar-refractivity contribution in [2.75, 3.05) is 24.8 Å². The molecule has 8 N–H and O–H groups in total.